The molecule has 0 radical (unpaired) electrons. The van der Waals surface area contributed by atoms with E-state index >= 15 is 0 Å². The Morgan fingerprint density at radius 3 is 2.72 bits per heavy atom. The molecule has 2 amide bonds. The average Bonchev–Trinajstić information content (AvgIpc) is 2.30. The second-order valence-electron chi connectivity index (χ2n) is 4.06. The molecule has 0 heterocycles. The van der Waals surface area contributed by atoms with Gasteiger partial charge < -0.3 is 15.7 Å². The first-order valence-corrected chi connectivity index (χ1v) is 5.81. The molecule has 0 fully saturated rings. The fourth-order valence-corrected chi connectivity index (χ4v) is 1.40. The summed E-state index contributed by atoms with van der Waals surface area (Å²) in [5.74, 6) is -1.59. The van der Waals surface area contributed by atoms with Crippen LogP contribution in [0.5, 0.6) is 0 Å². The molecule has 5 nitrogen and oxygen atoms in total. The van der Waals surface area contributed by atoms with E-state index < -0.39 is 17.9 Å². The van der Waals surface area contributed by atoms with E-state index in [0.717, 1.165) is 5.56 Å². The summed E-state index contributed by atoms with van der Waals surface area (Å²) >= 11 is 5.92. The van der Waals surface area contributed by atoms with Crippen LogP contribution in [0.3, 0.4) is 0 Å². The van der Waals surface area contributed by atoms with Gasteiger partial charge in [0.15, 0.2) is 0 Å². The van der Waals surface area contributed by atoms with Gasteiger partial charge in [0.05, 0.1) is 16.6 Å². The van der Waals surface area contributed by atoms with Crippen molar-refractivity contribution >= 4 is 29.3 Å². The maximum Gasteiger partial charge on any atom is 0.319 e. The predicted octanol–water partition coefficient (Wildman–Crippen LogP) is 2.49. The van der Waals surface area contributed by atoms with Crippen LogP contribution in [0, 0.1) is 12.8 Å². The Balaban J connectivity index is 2.54. The van der Waals surface area contributed by atoms with Crippen molar-refractivity contribution in [2.45, 2.75) is 13.8 Å². The molecule has 1 aromatic rings. The first-order valence-electron chi connectivity index (χ1n) is 5.44. The molecule has 0 aliphatic rings. The lowest BCUT2D eigenvalue weighted by molar-refractivity contribution is -0.140. The van der Waals surface area contributed by atoms with Crippen LogP contribution in [0.15, 0.2) is 18.2 Å². The number of carbonyl (C=O) groups excluding carboxylic acids is 1. The zero-order valence-electron chi connectivity index (χ0n) is 10.2. The van der Waals surface area contributed by atoms with Gasteiger partial charge in [-0.3, -0.25) is 4.79 Å². The van der Waals surface area contributed by atoms with E-state index in [9.17, 15) is 9.59 Å². The van der Waals surface area contributed by atoms with Gasteiger partial charge in [-0.2, -0.15) is 0 Å². The lowest BCUT2D eigenvalue weighted by Crippen LogP contribution is -2.34. The van der Waals surface area contributed by atoms with Crippen LogP contribution >= 0.6 is 11.6 Å². The summed E-state index contributed by atoms with van der Waals surface area (Å²) in [4.78, 5) is 22.1. The normalized spacial score (nSPS) is 11.7. The van der Waals surface area contributed by atoms with Gasteiger partial charge in [0.1, 0.15) is 0 Å². The smallest absolute Gasteiger partial charge is 0.319 e. The molecule has 1 aromatic carbocycles. The molecule has 18 heavy (non-hydrogen) atoms. The number of amides is 2. The number of halogens is 1. The van der Waals surface area contributed by atoms with Crippen LogP contribution in [0.4, 0.5) is 10.5 Å². The molecule has 1 unspecified atom stereocenters. The number of hydrogen-bond donors (Lipinski definition) is 3. The molecular formula is C12H15ClN2O3. The van der Waals surface area contributed by atoms with Crippen molar-refractivity contribution in [3.05, 3.63) is 28.8 Å². The van der Waals surface area contributed by atoms with Crippen molar-refractivity contribution in [3.8, 4) is 0 Å². The van der Waals surface area contributed by atoms with Gasteiger partial charge in [-0.05, 0) is 24.6 Å². The van der Waals surface area contributed by atoms with Crippen LogP contribution in [0.25, 0.3) is 0 Å². The zero-order valence-corrected chi connectivity index (χ0v) is 10.9. The Hall–Kier alpha value is -1.75. The molecule has 98 valence electrons. The minimum atomic E-state index is -0.955. The van der Waals surface area contributed by atoms with Crippen LogP contribution in [-0.4, -0.2) is 23.7 Å². The standard InChI is InChI=1S/C12H15ClN2O3/c1-7-3-4-9(13)10(5-7)15-12(18)14-6-8(2)11(16)17/h3-5,8H,6H2,1-2H3,(H,16,17)(H2,14,15,18). The Morgan fingerprint density at radius 1 is 1.44 bits per heavy atom. The largest absolute Gasteiger partial charge is 0.481 e. The number of nitrogens with one attached hydrogen (secondary N) is 2. The molecule has 6 heteroatoms. The highest BCUT2D eigenvalue weighted by Gasteiger charge is 2.12. The van der Waals surface area contributed by atoms with Crippen molar-refractivity contribution in [1.82, 2.24) is 5.32 Å². The van der Waals surface area contributed by atoms with Gasteiger partial charge in [-0.25, -0.2) is 4.79 Å². The van der Waals surface area contributed by atoms with Gasteiger partial charge in [0.2, 0.25) is 0 Å². The van der Waals surface area contributed by atoms with Crippen LogP contribution in [0.1, 0.15) is 12.5 Å². The van der Waals surface area contributed by atoms with Crippen molar-refractivity contribution < 1.29 is 14.7 Å². The molecule has 1 atom stereocenters. The summed E-state index contributed by atoms with van der Waals surface area (Å²) in [5.41, 5.74) is 1.46. The molecule has 0 saturated heterocycles. The van der Waals surface area contributed by atoms with E-state index in [0.29, 0.717) is 10.7 Å². The first-order chi connectivity index (χ1) is 8.40. The van der Waals surface area contributed by atoms with Crippen molar-refractivity contribution in [2.24, 2.45) is 5.92 Å². The van der Waals surface area contributed by atoms with E-state index in [2.05, 4.69) is 10.6 Å². The van der Waals surface area contributed by atoms with E-state index in [-0.39, 0.29) is 6.54 Å². The summed E-state index contributed by atoms with van der Waals surface area (Å²) in [6, 6.07) is 4.78. The number of anilines is 1. The van der Waals surface area contributed by atoms with Crippen LogP contribution in [0.2, 0.25) is 5.02 Å². The number of aryl methyl sites for hydroxylation is 1. The van der Waals surface area contributed by atoms with Gasteiger partial charge in [-0.1, -0.05) is 24.6 Å². The third-order valence-electron chi connectivity index (χ3n) is 2.36. The lowest BCUT2D eigenvalue weighted by atomic mass is 10.2. The number of carboxylic acid groups (broad SMARTS) is 1. The van der Waals surface area contributed by atoms with E-state index in [1.807, 2.05) is 13.0 Å². The fourth-order valence-electron chi connectivity index (χ4n) is 1.23. The highest BCUT2D eigenvalue weighted by atomic mass is 35.5. The molecule has 0 saturated carbocycles. The highest BCUT2D eigenvalue weighted by molar-refractivity contribution is 6.33. The van der Waals surface area contributed by atoms with Crippen LogP contribution in [-0.2, 0) is 4.79 Å². The lowest BCUT2D eigenvalue weighted by Gasteiger charge is -2.11. The molecule has 0 aliphatic heterocycles. The predicted molar refractivity (Wildman–Crippen MR) is 70.0 cm³/mol. The van der Waals surface area contributed by atoms with E-state index in [1.165, 1.54) is 6.92 Å². The van der Waals surface area contributed by atoms with Gasteiger partial charge >= 0.3 is 12.0 Å². The Morgan fingerprint density at radius 2 is 2.11 bits per heavy atom. The summed E-state index contributed by atoms with van der Waals surface area (Å²) in [5, 5.41) is 14.1. The fraction of sp³-hybridized carbons (Fsp3) is 0.333. The van der Waals surface area contributed by atoms with E-state index in [4.69, 9.17) is 16.7 Å². The molecule has 3 N–H and O–H groups in total. The monoisotopic (exact) mass is 270 g/mol. The third kappa shape index (κ3) is 4.25. The zero-order chi connectivity index (χ0) is 13.7. The maximum absolute atomic E-state index is 11.5. The SMILES string of the molecule is Cc1ccc(Cl)c(NC(=O)NCC(C)C(=O)O)c1. The molecule has 0 aromatic heterocycles. The quantitative estimate of drug-likeness (QED) is 0.786. The first kappa shape index (κ1) is 14.3. The summed E-state index contributed by atoms with van der Waals surface area (Å²) in [7, 11) is 0. The maximum atomic E-state index is 11.5. The number of aliphatic carboxylic acids is 1. The topological polar surface area (TPSA) is 78.4 Å². The summed E-state index contributed by atoms with van der Waals surface area (Å²) in [6.07, 6.45) is 0. The summed E-state index contributed by atoms with van der Waals surface area (Å²) < 4.78 is 0. The van der Waals surface area contributed by atoms with Crippen LogP contribution < -0.4 is 10.6 Å². The third-order valence-corrected chi connectivity index (χ3v) is 2.69. The minimum Gasteiger partial charge on any atom is -0.481 e. The molecular weight excluding hydrogens is 256 g/mol. The summed E-state index contributed by atoms with van der Waals surface area (Å²) in [6.45, 7) is 3.46. The Labute approximate surface area is 110 Å². The van der Waals surface area contributed by atoms with Gasteiger partial charge in [-0.15, -0.1) is 0 Å². The Kier molecular flexibility index (Phi) is 4.97. The second kappa shape index (κ2) is 6.26. The number of hydrogen-bond acceptors (Lipinski definition) is 2. The number of benzene rings is 1. The average molecular weight is 271 g/mol. The highest BCUT2D eigenvalue weighted by Crippen LogP contribution is 2.22. The van der Waals surface area contributed by atoms with Crippen molar-refractivity contribution in [2.75, 3.05) is 11.9 Å². The Bertz CT molecular complexity index is 463. The molecule has 0 aliphatic carbocycles. The molecule has 1 rings (SSSR count). The number of rotatable bonds is 4. The number of urea groups is 1. The van der Waals surface area contributed by atoms with Crippen molar-refractivity contribution in [1.29, 1.82) is 0 Å². The number of carbonyl (C=O) groups is 2. The number of carboxylic acids is 1. The minimum absolute atomic E-state index is 0.0601. The van der Waals surface area contributed by atoms with Crippen molar-refractivity contribution in [3.63, 3.8) is 0 Å². The second-order valence-corrected chi connectivity index (χ2v) is 4.46. The van der Waals surface area contributed by atoms with Gasteiger partial charge in [0, 0.05) is 6.54 Å². The molecule has 0 spiro atoms. The van der Waals surface area contributed by atoms with Gasteiger partial charge in [0.25, 0.3) is 0 Å². The van der Waals surface area contributed by atoms with E-state index in [1.54, 1.807) is 12.1 Å². The molecule has 0 bridgehead atoms.